The highest BCUT2D eigenvalue weighted by molar-refractivity contribution is 5.93. The molecule has 1 N–H and O–H groups in total. The first kappa shape index (κ1) is 18.0. The zero-order valence-electron chi connectivity index (χ0n) is 15.0. The molecule has 2 aliphatic rings. The molecule has 1 aromatic carbocycles. The van der Waals surface area contributed by atoms with Crippen molar-refractivity contribution in [3.05, 3.63) is 41.5 Å². The molecule has 0 unspecified atom stereocenters. The van der Waals surface area contributed by atoms with Gasteiger partial charge in [0.1, 0.15) is 5.75 Å². The van der Waals surface area contributed by atoms with E-state index < -0.39 is 0 Å². The third-order valence-corrected chi connectivity index (χ3v) is 5.03. The van der Waals surface area contributed by atoms with Crippen molar-refractivity contribution in [1.29, 1.82) is 0 Å². The highest BCUT2D eigenvalue weighted by Crippen LogP contribution is 2.24. The predicted octanol–water partition coefficient (Wildman–Crippen LogP) is 2.69. The summed E-state index contributed by atoms with van der Waals surface area (Å²) in [4.78, 5) is 14.9. The van der Waals surface area contributed by atoms with Crippen molar-refractivity contribution in [2.45, 2.75) is 31.7 Å². The Hall–Kier alpha value is -1.85. The molecule has 1 aliphatic carbocycles. The van der Waals surface area contributed by atoms with Crippen molar-refractivity contribution in [2.24, 2.45) is 0 Å². The van der Waals surface area contributed by atoms with Gasteiger partial charge in [-0.2, -0.15) is 0 Å². The van der Waals surface area contributed by atoms with Gasteiger partial charge in [-0.15, -0.1) is 0 Å². The fourth-order valence-electron chi connectivity index (χ4n) is 3.52. The van der Waals surface area contributed by atoms with Crippen molar-refractivity contribution in [3.63, 3.8) is 0 Å². The normalized spacial score (nSPS) is 19.8. The lowest BCUT2D eigenvalue weighted by Gasteiger charge is -2.35. The van der Waals surface area contributed by atoms with E-state index in [0.29, 0.717) is 6.54 Å². The van der Waals surface area contributed by atoms with Crippen LogP contribution in [0.4, 0.5) is 0 Å². The van der Waals surface area contributed by atoms with Crippen molar-refractivity contribution in [1.82, 2.24) is 10.2 Å². The van der Waals surface area contributed by atoms with Gasteiger partial charge in [-0.05, 0) is 43.4 Å². The van der Waals surface area contributed by atoms with Crippen molar-refractivity contribution in [3.8, 4) is 5.75 Å². The Labute approximate surface area is 150 Å². The average Bonchev–Trinajstić information content (AvgIpc) is 2.70. The van der Waals surface area contributed by atoms with Gasteiger partial charge in [0.15, 0.2) is 0 Å². The third-order valence-electron chi connectivity index (χ3n) is 5.03. The first-order valence-corrected chi connectivity index (χ1v) is 9.21. The molecule has 3 rings (SSSR count). The molecule has 0 radical (unpaired) electrons. The molecule has 1 saturated heterocycles. The number of morpholine rings is 1. The Morgan fingerprint density at radius 3 is 2.64 bits per heavy atom. The molecule has 25 heavy (non-hydrogen) atoms. The topological polar surface area (TPSA) is 50.8 Å². The van der Waals surface area contributed by atoms with Crippen LogP contribution in [0.15, 0.2) is 35.9 Å². The highest BCUT2D eigenvalue weighted by Gasteiger charge is 2.24. The standard InChI is InChI=1S/C20H28N2O3/c1-24-18-9-7-16(8-10-18)19(22-11-13-25-14-12-22)15-21-20(23)17-5-3-2-4-6-17/h5,7-10,19H,2-4,6,11-15H2,1H3,(H,21,23)/t19-/m1/s1. The molecule has 1 aliphatic heterocycles. The van der Waals surface area contributed by atoms with Crippen LogP contribution in [0.5, 0.6) is 5.75 Å². The number of benzene rings is 1. The van der Waals surface area contributed by atoms with E-state index >= 15 is 0 Å². The fraction of sp³-hybridized carbons (Fsp3) is 0.550. The van der Waals surface area contributed by atoms with Crippen LogP contribution >= 0.6 is 0 Å². The summed E-state index contributed by atoms with van der Waals surface area (Å²) in [5, 5.41) is 3.16. The number of carbonyl (C=O) groups is 1. The Kier molecular flexibility index (Phi) is 6.48. The SMILES string of the molecule is COc1ccc([C@@H](CNC(=O)C2=CCCCC2)N2CCOCC2)cc1. The zero-order chi connectivity index (χ0) is 17.5. The number of carbonyl (C=O) groups excluding carboxylic acids is 1. The van der Waals surface area contributed by atoms with Gasteiger partial charge in [-0.1, -0.05) is 18.2 Å². The van der Waals surface area contributed by atoms with Gasteiger partial charge in [0.2, 0.25) is 5.91 Å². The minimum Gasteiger partial charge on any atom is -0.497 e. The summed E-state index contributed by atoms with van der Waals surface area (Å²) in [6.07, 6.45) is 6.32. The molecule has 5 heteroatoms. The van der Waals surface area contributed by atoms with Crippen LogP contribution in [0.2, 0.25) is 0 Å². The van der Waals surface area contributed by atoms with Crippen LogP contribution in [-0.2, 0) is 9.53 Å². The number of methoxy groups -OCH3 is 1. The number of nitrogens with zero attached hydrogens (tertiary/aromatic N) is 1. The summed E-state index contributed by atoms with van der Waals surface area (Å²) in [5.41, 5.74) is 2.14. The molecular formula is C20H28N2O3. The van der Waals surface area contributed by atoms with E-state index in [1.807, 2.05) is 12.1 Å². The molecular weight excluding hydrogens is 316 g/mol. The van der Waals surface area contributed by atoms with Crippen molar-refractivity contribution < 1.29 is 14.3 Å². The second kappa shape index (κ2) is 9.02. The van der Waals surface area contributed by atoms with E-state index in [1.165, 1.54) is 12.0 Å². The summed E-state index contributed by atoms with van der Waals surface area (Å²) < 4.78 is 10.7. The molecule has 1 atom stereocenters. The highest BCUT2D eigenvalue weighted by atomic mass is 16.5. The molecule has 5 nitrogen and oxygen atoms in total. The second-order valence-electron chi connectivity index (χ2n) is 6.62. The maximum absolute atomic E-state index is 12.5. The van der Waals surface area contributed by atoms with Crippen LogP contribution in [0.1, 0.15) is 37.3 Å². The fourth-order valence-corrected chi connectivity index (χ4v) is 3.52. The quantitative estimate of drug-likeness (QED) is 0.862. The Morgan fingerprint density at radius 2 is 2.00 bits per heavy atom. The lowest BCUT2D eigenvalue weighted by molar-refractivity contribution is -0.118. The lowest BCUT2D eigenvalue weighted by Crippen LogP contribution is -2.44. The van der Waals surface area contributed by atoms with E-state index in [4.69, 9.17) is 9.47 Å². The molecule has 0 aromatic heterocycles. The maximum Gasteiger partial charge on any atom is 0.246 e. The van der Waals surface area contributed by atoms with E-state index in [0.717, 1.165) is 56.9 Å². The third kappa shape index (κ3) is 4.83. The number of hydrogen-bond acceptors (Lipinski definition) is 4. The summed E-state index contributed by atoms with van der Waals surface area (Å²) in [5.74, 6) is 0.937. The Morgan fingerprint density at radius 1 is 1.24 bits per heavy atom. The number of nitrogens with one attached hydrogen (secondary N) is 1. The van der Waals surface area contributed by atoms with Crippen LogP contribution < -0.4 is 10.1 Å². The number of rotatable bonds is 6. The van der Waals surface area contributed by atoms with Gasteiger partial charge in [0.25, 0.3) is 0 Å². The van der Waals surface area contributed by atoms with E-state index in [-0.39, 0.29) is 11.9 Å². The van der Waals surface area contributed by atoms with Crippen molar-refractivity contribution >= 4 is 5.91 Å². The van der Waals surface area contributed by atoms with Gasteiger partial charge in [-0.3, -0.25) is 9.69 Å². The first-order valence-electron chi connectivity index (χ1n) is 9.21. The minimum atomic E-state index is 0.0893. The summed E-state index contributed by atoms with van der Waals surface area (Å²) in [6, 6.07) is 8.29. The summed E-state index contributed by atoms with van der Waals surface area (Å²) >= 11 is 0. The summed E-state index contributed by atoms with van der Waals surface area (Å²) in [7, 11) is 1.67. The monoisotopic (exact) mass is 344 g/mol. The van der Waals surface area contributed by atoms with Gasteiger partial charge in [0, 0.05) is 25.2 Å². The Bertz CT molecular complexity index is 591. The van der Waals surface area contributed by atoms with Gasteiger partial charge >= 0.3 is 0 Å². The van der Waals surface area contributed by atoms with Crippen LogP contribution in [0.3, 0.4) is 0 Å². The molecule has 1 amide bonds. The zero-order valence-corrected chi connectivity index (χ0v) is 15.0. The molecule has 1 aromatic rings. The van der Waals surface area contributed by atoms with Crippen LogP contribution in [-0.4, -0.2) is 50.8 Å². The molecule has 0 bridgehead atoms. The van der Waals surface area contributed by atoms with Gasteiger partial charge < -0.3 is 14.8 Å². The van der Waals surface area contributed by atoms with Crippen LogP contribution in [0.25, 0.3) is 0 Å². The Balaban J connectivity index is 1.69. The second-order valence-corrected chi connectivity index (χ2v) is 6.62. The molecule has 0 saturated carbocycles. The average molecular weight is 344 g/mol. The predicted molar refractivity (Wildman–Crippen MR) is 97.7 cm³/mol. The van der Waals surface area contributed by atoms with Crippen molar-refractivity contribution in [2.75, 3.05) is 40.0 Å². The minimum absolute atomic E-state index is 0.0893. The number of allylic oxidation sites excluding steroid dienone is 1. The molecule has 0 spiro atoms. The first-order chi connectivity index (χ1) is 12.3. The maximum atomic E-state index is 12.5. The number of amides is 1. The van der Waals surface area contributed by atoms with Crippen LogP contribution in [0, 0.1) is 0 Å². The smallest absolute Gasteiger partial charge is 0.246 e. The molecule has 136 valence electrons. The molecule has 1 heterocycles. The van der Waals surface area contributed by atoms with E-state index in [9.17, 15) is 4.79 Å². The number of ether oxygens (including phenoxy) is 2. The van der Waals surface area contributed by atoms with E-state index in [2.05, 4.69) is 28.4 Å². The van der Waals surface area contributed by atoms with E-state index in [1.54, 1.807) is 7.11 Å². The summed E-state index contributed by atoms with van der Waals surface area (Å²) in [6.45, 7) is 3.87. The molecule has 1 fully saturated rings. The number of hydrogen-bond donors (Lipinski definition) is 1. The van der Waals surface area contributed by atoms with Gasteiger partial charge in [0.05, 0.1) is 26.4 Å². The largest absolute Gasteiger partial charge is 0.497 e. The van der Waals surface area contributed by atoms with Gasteiger partial charge in [-0.25, -0.2) is 0 Å². The lowest BCUT2D eigenvalue weighted by atomic mass is 9.98.